The number of amides is 1. The van der Waals surface area contributed by atoms with Gasteiger partial charge in [0.25, 0.3) is 5.91 Å². The first-order valence-corrected chi connectivity index (χ1v) is 11.5. The summed E-state index contributed by atoms with van der Waals surface area (Å²) in [5.41, 5.74) is 2.87. The number of rotatable bonds is 5. The number of hydrogen-bond donors (Lipinski definition) is 0. The maximum Gasteiger partial charge on any atom is 0.255 e. The molecule has 0 aromatic heterocycles. The molecule has 0 saturated carbocycles. The average molecular weight is 421 g/mol. The SMILES string of the molecule is CC1Oc2cc3c(cc2O1)C(C)(C)N(CCC1CCN(Cc2ccccc2)CC1)C3=O. The van der Waals surface area contributed by atoms with Crippen LogP contribution in [0.3, 0.4) is 0 Å². The second-order valence-corrected chi connectivity index (χ2v) is 9.66. The molecule has 3 heterocycles. The molecule has 1 unspecified atom stereocenters. The summed E-state index contributed by atoms with van der Waals surface area (Å²) in [7, 11) is 0. The fourth-order valence-electron chi connectivity index (χ4n) is 5.32. The Morgan fingerprint density at radius 2 is 1.71 bits per heavy atom. The van der Waals surface area contributed by atoms with Crippen LogP contribution >= 0.6 is 0 Å². The summed E-state index contributed by atoms with van der Waals surface area (Å²) < 4.78 is 11.4. The summed E-state index contributed by atoms with van der Waals surface area (Å²) in [5, 5.41) is 0. The number of nitrogens with zero attached hydrogens (tertiary/aromatic N) is 2. The molecule has 2 aromatic carbocycles. The van der Waals surface area contributed by atoms with E-state index in [2.05, 4.69) is 49.1 Å². The van der Waals surface area contributed by atoms with Gasteiger partial charge in [-0.25, -0.2) is 0 Å². The molecule has 1 atom stereocenters. The van der Waals surface area contributed by atoms with E-state index in [0.29, 0.717) is 11.7 Å². The fourth-order valence-corrected chi connectivity index (χ4v) is 5.32. The molecule has 1 saturated heterocycles. The van der Waals surface area contributed by atoms with Crippen LogP contribution in [0.5, 0.6) is 11.5 Å². The number of fused-ring (bicyclic) bond motifs is 2. The van der Waals surface area contributed by atoms with E-state index in [1.165, 1.54) is 18.4 Å². The summed E-state index contributed by atoms with van der Waals surface area (Å²) >= 11 is 0. The Morgan fingerprint density at radius 1 is 1.03 bits per heavy atom. The number of hydrogen-bond acceptors (Lipinski definition) is 4. The Balaban J connectivity index is 1.19. The van der Waals surface area contributed by atoms with E-state index < -0.39 is 0 Å². The van der Waals surface area contributed by atoms with Crippen molar-refractivity contribution < 1.29 is 14.3 Å². The Labute approximate surface area is 184 Å². The smallest absolute Gasteiger partial charge is 0.255 e. The van der Waals surface area contributed by atoms with E-state index in [9.17, 15) is 4.79 Å². The summed E-state index contributed by atoms with van der Waals surface area (Å²) in [4.78, 5) is 17.8. The van der Waals surface area contributed by atoms with Crippen LogP contribution in [-0.2, 0) is 12.1 Å². The number of ether oxygens (including phenoxy) is 2. The molecule has 0 spiro atoms. The van der Waals surface area contributed by atoms with Crippen LogP contribution in [0, 0.1) is 5.92 Å². The zero-order chi connectivity index (χ0) is 21.6. The molecule has 5 rings (SSSR count). The lowest BCUT2D eigenvalue weighted by atomic mass is 9.91. The van der Waals surface area contributed by atoms with E-state index in [0.717, 1.165) is 49.5 Å². The van der Waals surface area contributed by atoms with Crippen LogP contribution in [0.4, 0.5) is 0 Å². The van der Waals surface area contributed by atoms with Crippen LogP contribution < -0.4 is 9.47 Å². The van der Waals surface area contributed by atoms with Gasteiger partial charge in [-0.2, -0.15) is 0 Å². The van der Waals surface area contributed by atoms with Gasteiger partial charge in [-0.15, -0.1) is 0 Å². The molecule has 0 radical (unpaired) electrons. The molecule has 0 aliphatic carbocycles. The zero-order valence-electron chi connectivity index (χ0n) is 18.8. The number of carbonyl (C=O) groups is 1. The minimum atomic E-state index is -0.329. The maximum absolute atomic E-state index is 13.2. The van der Waals surface area contributed by atoms with Crippen molar-refractivity contribution in [3.63, 3.8) is 0 Å². The molecule has 164 valence electrons. The molecule has 31 heavy (non-hydrogen) atoms. The molecule has 3 aliphatic heterocycles. The van der Waals surface area contributed by atoms with Gasteiger partial charge in [-0.1, -0.05) is 30.3 Å². The van der Waals surface area contributed by atoms with Crippen LogP contribution in [-0.4, -0.2) is 41.6 Å². The summed E-state index contributed by atoms with van der Waals surface area (Å²) in [6.45, 7) is 10.3. The molecule has 2 aromatic rings. The van der Waals surface area contributed by atoms with Crippen molar-refractivity contribution in [1.82, 2.24) is 9.80 Å². The normalized spacial score (nSPS) is 22.7. The van der Waals surface area contributed by atoms with Crippen LogP contribution in [0.25, 0.3) is 0 Å². The lowest BCUT2D eigenvalue weighted by Crippen LogP contribution is -2.41. The van der Waals surface area contributed by atoms with Crippen LogP contribution in [0.15, 0.2) is 42.5 Å². The fraction of sp³-hybridized carbons (Fsp3) is 0.500. The molecule has 5 heteroatoms. The van der Waals surface area contributed by atoms with Gasteiger partial charge < -0.3 is 14.4 Å². The third-order valence-corrected chi connectivity index (χ3v) is 7.20. The van der Waals surface area contributed by atoms with E-state index >= 15 is 0 Å². The number of benzene rings is 2. The number of likely N-dealkylation sites (tertiary alicyclic amines) is 1. The summed E-state index contributed by atoms with van der Waals surface area (Å²) in [6, 6.07) is 14.6. The molecular weight excluding hydrogens is 388 g/mol. The summed E-state index contributed by atoms with van der Waals surface area (Å²) in [5.74, 6) is 2.23. The Hall–Kier alpha value is -2.53. The second kappa shape index (κ2) is 7.86. The minimum absolute atomic E-state index is 0.118. The molecule has 5 nitrogen and oxygen atoms in total. The van der Waals surface area contributed by atoms with Crippen molar-refractivity contribution in [1.29, 1.82) is 0 Å². The lowest BCUT2D eigenvalue weighted by Gasteiger charge is -2.36. The van der Waals surface area contributed by atoms with Gasteiger partial charge in [0.15, 0.2) is 11.5 Å². The average Bonchev–Trinajstić information content (AvgIpc) is 3.21. The third kappa shape index (κ3) is 3.80. The Kier molecular flexibility index (Phi) is 5.17. The first kappa shape index (κ1) is 20.4. The van der Waals surface area contributed by atoms with Crippen LogP contribution in [0.1, 0.15) is 61.5 Å². The maximum atomic E-state index is 13.2. The van der Waals surface area contributed by atoms with E-state index in [1.807, 2.05) is 24.0 Å². The number of carbonyl (C=O) groups excluding carboxylic acids is 1. The van der Waals surface area contributed by atoms with Gasteiger partial charge in [-0.3, -0.25) is 9.69 Å². The standard InChI is InChI=1S/C26H32N2O3/c1-18-30-23-15-21-22(16-24(23)31-18)26(2,3)28(25(21)29)14-11-19-9-12-27(13-10-19)17-20-7-5-4-6-8-20/h4-8,15-16,18-19H,9-14,17H2,1-3H3. The van der Waals surface area contributed by atoms with E-state index in [1.54, 1.807) is 0 Å². The minimum Gasteiger partial charge on any atom is -0.451 e. The third-order valence-electron chi connectivity index (χ3n) is 7.20. The topological polar surface area (TPSA) is 42.0 Å². The van der Waals surface area contributed by atoms with Gasteiger partial charge in [0.2, 0.25) is 6.29 Å². The highest BCUT2D eigenvalue weighted by molar-refractivity contribution is 6.00. The summed E-state index contributed by atoms with van der Waals surface area (Å²) in [6.07, 6.45) is 3.18. The molecule has 3 aliphatic rings. The van der Waals surface area contributed by atoms with E-state index in [4.69, 9.17) is 9.47 Å². The van der Waals surface area contributed by atoms with Crippen LogP contribution in [0.2, 0.25) is 0 Å². The highest BCUT2D eigenvalue weighted by Crippen LogP contribution is 2.46. The quantitative estimate of drug-likeness (QED) is 0.697. The second-order valence-electron chi connectivity index (χ2n) is 9.66. The highest BCUT2D eigenvalue weighted by Gasteiger charge is 2.44. The van der Waals surface area contributed by atoms with Gasteiger partial charge in [-0.05, 0) is 75.4 Å². The van der Waals surface area contributed by atoms with Gasteiger partial charge in [0.1, 0.15) is 0 Å². The lowest BCUT2D eigenvalue weighted by molar-refractivity contribution is 0.0573. The Morgan fingerprint density at radius 3 is 2.42 bits per heavy atom. The van der Waals surface area contributed by atoms with Crippen molar-refractivity contribution in [2.75, 3.05) is 19.6 Å². The van der Waals surface area contributed by atoms with E-state index in [-0.39, 0.29) is 17.7 Å². The van der Waals surface area contributed by atoms with Gasteiger partial charge in [0, 0.05) is 25.6 Å². The molecule has 0 N–H and O–H groups in total. The van der Waals surface area contributed by atoms with Crippen molar-refractivity contribution in [2.24, 2.45) is 5.92 Å². The van der Waals surface area contributed by atoms with Crippen molar-refractivity contribution in [3.8, 4) is 11.5 Å². The predicted molar refractivity (Wildman–Crippen MR) is 120 cm³/mol. The molecular formula is C26H32N2O3. The Bertz CT molecular complexity index is 964. The zero-order valence-corrected chi connectivity index (χ0v) is 18.8. The van der Waals surface area contributed by atoms with Gasteiger partial charge in [0.05, 0.1) is 5.54 Å². The van der Waals surface area contributed by atoms with Crippen molar-refractivity contribution in [2.45, 2.75) is 58.4 Å². The predicted octanol–water partition coefficient (Wildman–Crippen LogP) is 4.80. The molecule has 1 amide bonds. The van der Waals surface area contributed by atoms with Gasteiger partial charge >= 0.3 is 0 Å². The molecule has 1 fully saturated rings. The largest absolute Gasteiger partial charge is 0.451 e. The number of piperidine rings is 1. The first-order chi connectivity index (χ1) is 14.9. The first-order valence-electron chi connectivity index (χ1n) is 11.5. The monoisotopic (exact) mass is 420 g/mol. The van der Waals surface area contributed by atoms with Crippen molar-refractivity contribution >= 4 is 5.91 Å². The van der Waals surface area contributed by atoms with Crippen molar-refractivity contribution in [3.05, 3.63) is 59.2 Å². The highest BCUT2D eigenvalue weighted by atomic mass is 16.7. The molecule has 0 bridgehead atoms.